The number of nitrogens with zero attached hydrogens (tertiary/aromatic N) is 1. The number of halogens is 1. The highest BCUT2D eigenvalue weighted by Gasteiger charge is 2.09. The second-order valence-electron chi connectivity index (χ2n) is 3.74. The predicted molar refractivity (Wildman–Crippen MR) is 76.9 cm³/mol. The molecule has 1 amide bonds. The van der Waals surface area contributed by atoms with Crippen LogP contribution in [0.4, 0.5) is 0 Å². The van der Waals surface area contributed by atoms with Gasteiger partial charge in [0.05, 0.1) is 6.21 Å². The third-order valence-corrected chi connectivity index (χ3v) is 2.79. The van der Waals surface area contributed by atoms with Crippen molar-refractivity contribution in [3.8, 4) is 0 Å². The van der Waals surface area contributed by atoms with Crippen molar-refractivity contribution in [2.24, 2.45) is 5.10 Å². The van der Waals surface area contributed by atoms with E-state index in [1.807, 2.05) is 23.2 Å². The molecule has 2 rings (SSSR count). The second-order valence-corrected chi connectivity index (χ2v) is 4.66. The Morgan fingerprint density at radius 3 is 2.85 bits per heavy atom. The van der Waals surface area contributed by atoms with E-state index in [1.54, 1.807) is 6.07 Å². The van der Waals surface area contributed by atoms with E-state index >= 15 is 0 Å². The highest BCUT2D eigenvalue weighted by atomic mass is 79.9. The molecular weight excluding hydrogens is 328 g/mol. The second kappa shape index (κ2) is 6.11. The Morgan fingerprint density at radius 2 is 2.15 bits per heavy atom. The van der Waals surface area contributed by atoms with Crippen molar-refractivity contribution < 1.29 is 4.79 Å². The van der Waals surface area contributed by atoms with Crippen LogP contribution in [0, 0.1) is 0 Å². The van der Waals surface area contributed by atoms with Crippen LogP contribution in [0.2, 0.25) is 0 Å². The first-order valence-corrected chi connectivity index (χ1v) is 6.26. The molecule has 0 bridgehead atoms. The fourth-order valence-corrected chi connectivity index (χ4v) is 1.81. The highest BCUT2D eigenvalue weighted by molar-refractivity contribution is 9.10. The Balaban J connectivity index is 2.09. The van der Waals surface area contributed by atoms with Gasteiger partial charge >= 0.3 is 5.69 Å². The summed E-state index contributed by atoms with van der Waals surface area (Å²) in [4.78, 5) is 38.0. The predicted octanol–water partition coefficient (Wildman–Crippen LogP) is 0.590. The van der Waals surface area contributed by atoms with E-state index in [1.165, 1.54) is 6.21 Å². The summed E-state index contributed by atoms with van der Waals surface area (Å²) in [5.41, 5.74) is 1.30. The van der Waals surface area contributed by atoms with Crippen molar-refractivity contribution in [1.82, 2.24) is 15.4 Å². The van der Waals surface area contributed by atoms with Gasteiger partial charge in [-0.2, -0.15) is 5.10 Å². The molecule has 102 valence electrons. The third kappa shape index (κ3) is 3.51. The summed E-state index contributed by atoms with van der Waals surface area (Å²) < 4.78 is 0.879. The van der Waals surface area contributed by atoms with Crippen molar-refractivity contribution >= 4 is 28.1 Å². The van der Waals surface area contributed by atoms with E-state index in [4.69, 9.17) is 0 Å². The monoisotopic (exact) mass is 336 g/mol. The van der Waals surface area contributed by atoms with Crippen LogP contribution in [0.15, 0.2) is 49.6 Å². The van der Waals surface area contributed by atoms with Crippen molar-refractivity contribution in [3.63, 3.8) is 0 Å². The number of hydrogen-bond donors (Lipinski definition) is 3. The van der Waals surface area contributed by atoms with Gasteiger partial charge in [-0.1, -0.05) is 28.1 Å². The van der Waals surface area contributed by atoms with E-state index < -0.39 is 17.2 Å². The largest absolute Gasteiger partial charge is 0.325 e. The quantitative estimate of drug-likeness (QED) is 0.563. The van der Waals surface area contributed by atoms with Gasteiger partial charge in [0.25, 0.3) is 11.5 Å². The van der Waals surface area contributed by atoms with E-state index in [0.29, 0.717) is 0 Å². The normalized spacial score (nSPS) is 10.7. The third-order valence-electron chi connectivity index (χ3n) is 2.29. The van der Waals surface area contributed by atoms with Crippen molar-refractivity contribution in [2.75, 3.05) is 0 Å². The lowest BCUT2D eigenvalue weighted by Crippen LogP contribution is -2.31. The maximum absolute atomic E-state index is 11.7. The van der Waals surface area contributed by atoms with Crippen molar-refractivity contribution in [3.05, 3.63) is 66.9 Å². The molecule has 0 aliphatic heterocycles. The standard InChI is InChI=1S/C12H9BrN4O3/c13-8-3-1-2-7(4-8)5-15-17-11(19)9-6-14-12(20)16-10(9)18/h1-6H,(H,17,19)(H2,14,16,18,20)/b15-5-. The van der Waals surface area contributed by atoms with Gasteiger partial charge in [0, 0.05) is 10.7 Å². The number of carbonyl (C=O) groups is 1. The fourth-order valence-electron chi connectivity index (χ4n) is 1.39. The minimum Gasteiger partial charge on any atom is -0.313 e. The van der Waals surface area contributed by atoms with Gasteiger partial charge in [-0.05, 0) is 17.7 Å². The van der Waals surface area contributed by atoms with Gasteiger partial charge in [0.15, 0.2) is 0 Å². The molecule has 0 aliphatic rings. The zero-order valence-electron chi connectivity index (χ0n) is 10.0. The molecule has 20 heavy (non-hydrogen) atoms. The first-order chi connectivity index (χ1) is 9.56. The average Bonchev–Trinajstić information content (AvgIpc) is 2.38. The Hall–Kier alpha value is -2.48. The van der Waals surface area contributed by atoms with Crippen LogP contribution in [0.5, 0.6) is 0 Å². The van der Waals surface area contributed by atoms with Gasteiger partial charge < -0.3 is 4.98 Å². The number of aromatic amines is 2. The van der Waals surface area contributed by atoms with Crippen LogP contribution in [0.25, 0.3) is 0 Å². The molecule has 1 aromatic heterocycles. The van der Waals surface area contributed by atoms with Crippen LogP contribution in [0.3, 0.4) is 0 Å². The number of amides is 1. The zero-order valence-corrected chi connectivity index (χ0v) is 11.6. The van der Waals surface area contributed by atoms with Crippen LogP contribution in [0.1, 0.15) is 15.9 Å². The number of hydrazone groups is 1. The molecule has 0 radical (unpaired) electrons. The molecule has 0 unspecified atom stereocenters. The van der Waals surface area contributed by atoms with Crippen LogP contribution in [-0.4, -0.2) is 22.1 Å². The maximum atomic E-state index is 11.7. The highest BCUT2D eigenvalue weighted by Crippen LogP contribution is 2.09. The number of nitrogens with one attached hydrogen (secondary N) is 3. The summed E-state index contributed by atoms with van der Waals surface area (Å²) in [5, 5.41) is 3.73. The number of rotatable bonds is 3. The number of hydrogen-bond acceptors (Lipinski definition) is 4. The summed E-state index contributed by atoms with van der Waals surface area (Å²) >= 11 is 3.31. The van der Waals surface area contributed by atoms with Gasteiger partial charge in [-0.15, -0.1) is 0 Å². The number of carbonyl (C=O) groups excluding carboxylic acids is 1. The van der Waals surface area contributed by atoms with Crippen LogP contribution >= 0.6 is 15.9 Å². The topological polar surface area (TPSA) is 107 Å². The molecule has 0 spiro atoms. The molecule has 1 aromatic carbocycles. The summed E-state index contributed by atoms with van der Waals surface area (Å²) in [5.74, 6) is -0.714. The average molecular weight is 337 g/mol. The molecule has 2 aromatic rings. The number of benzene rings is 1. The van der Waals surface area contributed by atoms with Crippen LogP contribution < -0.4 is 16.7 Å². The Morgan fingerprint density at radius 1 is 1.35 bits per heavy atom. The van der Waals surface area contributed by atoms with E-state index in [-0.39, 0.29) is 5.56 Å². The lowest BCUT2D eigenvalue weighted by molar-refractivity contribution is 0.0953. The van der Waals surface area contributed by atoms with Gasteiger partial charge in [-0.25, -0.2) is 10.2 Å². The molecule has 0 fully saturated rings. The summed E-state index contributed by atoms with van der Waals surface area (Å²) in [6, 6.07) is 7.28. The Kier molecular flexibility index (Phi) is 4.26. The molecule has 0 aliphatic carbocycles. The molecule has 0 atom stereocenters. The first kappa shape index (κ1) is 13.9. The molecule has 7 nitrogen and oxygen atoms in total. The maximum Gasteiger partial charge on any atom is 0.325 e. The molecule has 3 N–H and O–H groups in total. The molecule has 0 saturated carbocycles. The SMILES string of the molecule is O=C(N/N=C\c1cccc(Br)c1)c1c[nH]c(=O)[nH]c1=O. The lowest BCUT2D eigenvalue weighted by Gasteiger charge is -1.98. The Labute approximate surface area is 120 Å². The van der Waals surface area contributed by atoms with E-state index in [0.717, 1.165) is 16.2 Å². The molecule has 1 heterocycles. The smallest absolute Gasteiger partial charge is 0.313 e. The minimum atomic E-state index is -0.774. The van der Waals surface area contributed by atoms with E-state index in [9.17, 15) is 14.4 Å². The van der Waals surface area contributed by atoms with Gasteiger partial charge in [0.2, 0.25) is 0 Å². The van der Waals surface area contributed by atoms with Crippen molar-refractivity contribution in [2.45, 2.75) is 0 Å². The number of H-pyrrole nitrogens is 2. The summed E-state index contributed by atoms with van der Waals surface area (Å²) in [6.07, 6.45) is 2.47. The molecule has 8 heteroatoms. The summed E-state index contributed by atoms with van der Waals surface area (Å²) in [6.45, 7) is 0. The summed E-state index contributed by atoms with van der Waals surface area (Å²) in [7, 11) is 0. The number of aromatic nitrogens is 2. The lowest BCUT2D eigenvalue weighted by atomic mass is 10.2. The Bertz CT molecular complexity index is 779. The molecular formula is C12H9BrN4O3. The van der Waals surface area contributed by atoms with Crippen molar-refractivity contribution in [1.29, 1.82) is 0 Å². The van der Waals surface area contributed by atoms with Gasteiger partial charge in [0.1, 0.15) is 5.56 Å². The zero-order chi connectivity index (χ0) is 14.5. The minimum absolute atomic E-state index is 0.226. The van der Waals surface area contributed by atoms with Gasteiger partial charge in [-0.3, -0.25) is 14.6 Å². The fraction of sp³-hybridized carbons (Fsp3) is 0. The molecule has 0 saturated heterocycles. The van der Waals surface area contributed by atoms with Crippen LogP contribution in [-0.2, 0) is 0 Å². The first-order valence-electron chi connectivity index (χ1n) is 5.47. The van der Waals surface area contributed by atoms with E-state index in [2.05, 4.69) is 31.4 Å².